The third-order valence-electron chi connectivity index (χ3n) is 2.17. The number of nitrogens with zero attached hydrogens (tertiary/aromatic N) is 1. The van der Waals surface area contributed by atoms with E-state index < -0.39 is 27.4 Å². The molecule has 96 valence electrons. The van der Waals surface area contributed by atoms with Crippen molar-refractivity contribution in [3.05, 3.63) is 12.4 Å². The molecule has 0 aliphatic carbocycles. The molecule has 0 saturated carbocycles. The van der Waals surface area contributed by atoms with Gasteiger partial charge in [-0.15, -0.1) is 0 Å². The molecule has 1 heterocycles. The Kier molecular flexibility index (Phi) is 3.58. The molecule has 0 saturated heterocycles. The molecule has 8 heteroatoms. The van der Waals surface area contributed by atoms with Gasteiger partial charge in [-0.05, 0) is 5.41 Å². The Hall–Kier alpha value is -1.41. The van der Waals surface area contributed by atoms with Crippen LogP contribution in [0.4, 0.5) is 0 Å². The van der Waals surface area contributed by atoms with Crippen LogP contribution in [0.1, 0.15) is 20.8 Å². The molecule has 3 N–H and O–H groups in total. The van der Waals surface area contributed by atoms with E-state index in [0.29, 0.717) is 0 Å². The van der Waals surface area contributed by atoms with E-state index in [1.165, 1.54) is 6.20 Å². The number of hydrogen-bond donors (Lipinski definition) is 3. The summed E-state index contributed by atoms with van der Waals surface area (Å²) in [5.74, 6) is -1.22. The summed E-state index contributed by atoms with van der Waals surface area (Å²) in [6, 6.07) is -1.21. The van der Waals surface area contributed by atoms with Crippen LogP contribution in [0.2, 0.25) is 0 Å². The van der Waals surface area contributed by atoms with Crippen molar-refractivity contribution >= 4 is 16.0 Å². The number of hydrogen-bond acceptors (Lipinski definition) is 4. The Morgan fingerprint density at radius 1 is 1.53 bits per heavy atom. The molecule has 0 radical (unpaired) electrons. The first-order valence-electron chi connectivity index (χ1n) is 4.88. The monoisotopic (exact) mass is 261 g/mol. The van der Waals surface area contributed by atoms with Crippen molar-refractivity contribution in [2.45, 2.75) is 31.7 Å². The van der Waals surface area contributed by atoms with Gasteiger partial charge in [-0.2, -0.15) is 9.82 Å². The predicted molar refractivity (Wildman–Crippen MR) is 59.8 cm³/mol. The van der Waals surface area contributed by atoms with E-state index in [9.17, 15) is 13.2 Å². The molecule has 1 unspecified atom stereocenters. The molecule has 0 amide bonds. The van der Waals surface area contributed by atoms with E-state index in [1.54, 1.807) is 20.8 Å². The lowest BCUT2D eigenvalue weighted by atomic mass is 9.88. The second kappa shape index (κ2) is 4.46. The lowest BCUT2D eigenvalue weighted by Crippen LogP contribution is -2.48. The Morgan fingerprint density at radius 3 is 2.47 bits per heavy atom. The fourth-order valence-corrected chi connectivity index (χ4v) is 2.51. The maximum atomic E-state index is 11.8. The number of carbonyl (C=O) groups is 1. The molecule has 17 heavy (non-hydrogen) atoms. The Morgan fingerprint density at radius 2 is 2.12 bits per heavy atom. The molecule has 1 atom stereocenters. The second-order valence-electron chi connectivity index (χ2n) is 4.69. The smallest absolute Gasteiger partial charge is 0.322 e. The summed E-state index contributed by atoms with van der Waals surface area (Å²) >= 11 is 0. The van der Waals surface area contributed by atoms with Crippen molar-refractivity contribution in [2.75, 3.05) is 0 Å². The normalized spacial score (nSPS) is 14.5. The summed E-state index contributed by atoms with van der Waals surface area (Å²) < 4.78 is 25.8. The van der Waals surface area contributed by atoms with Gasteiger partial charge in [0, 0.05) is 6.20 Å². The van der Waals surface area contributed by atoms with Crippen LogP contribution < -0.4 is 4.72 Å². The van der Waals surface area contributed by atoms with Crippen LogP contribution in [-0.4, -0.2) is 35.7 Å². The fraction of sp³-hybridized carbons (Fsp3) is 0.556. The Balaban J connectivity index is 3.01. The quantitative estimate of drug-likeness (QED) is 0.716. The van der Waals surface area contributed by atoms with Crippen molar-refractivity contribution < 1.29 is 18.3 Å². The van der Waals surface area contributed by atoms with Crippen molar-refractivity contribution in [1.82, 2.24) is 14.9 Å². The van der Waals surface area contributed by atoms with E-state index in [4.69, 9.17) is 5.11 Å². The number of nitrogens with one attached hydrogen (secondary N) is 2. The minimum Gasteiger partial charge on any atom is -0.480 e. The first-order valence-corrected chi connectivity index (χ1v) is 6.37. The van der Waals surface area contributed by atoms with Crippen molar-refractivity contribution in [3.63, 3.8) is 0 Å². The van der Waals surface area contributed by atoms with Gasteiger partial charge >= 0.3 is 5.97 Å². The topological polar surface area (TPSA) is 112 Å². The van der Waals surface area contributed by atoms with Gasteiger partial charge in [-0.25, -0.2) is 8.42 Å². The van der Waals surface area contributed by atoms with Gasteiger partial charge in [-0.3, -0.25) is 9.89 Å². The molecular formula is C9H15N3O4S. The van der Waals surface area contributed by atoms with E-state index in [-0.39, 0.29) is 4.90 Å². The van der Waals surface area contributed by atoms with Gasteiger partial charge in [0.25, 0.3) is 0 Å². The highest BCUT2D eigenvalue weighted by molar-refractivity contribution is 7.89. The number of H-pyrrole nitrogens is 1. The molecule has 0 aromatic carbocycles. The molecule has 1 rings (SSSR count). The van der Waals surface area contributed by atoms with Crippen molar-refractivity contribution in [1.29, 1.82) is 0 Å². The van der Waals surface area contributed by atoms with Gasteiger partial charge in [0.2, 0.25) is 10.0 Å². The van der Waals surface area contributed by atoms with Crippen molar-refractivity contribution in [2.24, 2.45) is 5.41 Å². The van der Waals surface area contributed by atoms with Gasteiger partial charge in [0.05, 0.1) is 6.20 Å². The molecule has 1 aromatic heterocycles. The van der Waals surface area contributed by atoms with Gasteiger partial charge < -0.3 is 5.11 Å². The highest BCUT2D eigenvalue weighted by Gasteiger charge is 2.35. The highest BCUT2D eigenvalue weighted by atomic mass is 32.2. The van der Waals surface area contributed by atoms with Crippen LogP contribution in [0.15, 0.2) is 17.3 Å². The fourth-order valence-electron chi connectivity index (χ4n) is 1.21. The van der Waals surface area contributed by atoms with E-state index in [2.05, 4.69) is 14.9 Å². The molecule has 1 aromatic rings. The summed E-state index contributed by atoms with van der Waals surface area (Å²) in [6.07, 6.45) is 2.30. The number of carboxylic acid groups (broad SMARTS) is 1. The minimum absolute atomic E-state index is 0.0898. The highest BCUT2D eigenvalue weighted by Crippen LogP contribution is 2.21. The van der Waals surface area contributed by atoms with Gasteiger partial charge in [0.1, 0.15) is 10.9 Å². The molecule has 0 aliphatic rings. The second-order valence-corrected chi connectivity index (χ2v) is 6.41. The van der Waals surface area contributed by atoms with Gasteiger partial charge in [0.15, 0.2) is 0 Å². The minimum atomic E-state index is -3.87. The van der Waals surface area contributed by atoms with Crippen LogP contribution in [0, 0.1) is 5.41 Å². The Labute approximate surface area is 99.3 Å². The van der Waals surface area contributed by atoms with Gasteiger partial charge in [-0.1, -0.05) is 20.8 Å². The zero-order valence-electron chi connectivity index (χ0n) is 9.76. The van der Waals surface area contributed by atoms with E-state index in [1.807, 2.05) is 0 Å². The summed E-state index contributed by atoms with van der Waals surface area (Å²) in [4.78, 5) is 11.0. The maximum absolute atomic E-state index is 11.8. The standard InChI is InChI=1S/C9H15N3O4S/c1-9(2,3)7(8(13)14)12-17(15,16)6-4-10-11-5-6/h4-5,7,12H,1-3H3,(H,10,11)(H,13,14). The zero-order chi connectivity index (χ0) is 13.3. The third kappa shape index (κ3) is 3.27. The largest absolute Gasteiger partial charge is 0.480 e. The molecule has 0 spiro atoms. The molecular weight excluding hydrogens is 246 g/mol. The number of sulfonamides is 1. The van der Waals surface area contributed by atoms with E-state index >= 15 is 0 Å². The number of aromatic amines is 1. The molecule has 0 aliphatic heterocycles. The van der Waals surface area contributed by atoms with Crippen LogP contribution in [0.5, 0.6) is 0 Å². The SMILES string of the molecule is CC(C)(C)C(NS(=O)(=O)c1cn[nH]c1)C(=O)O. The first kappa shape index (κ1) is 13.7. The molecule has 0 fully saturated rings. The lowest BCUT2D eigenvalue weighted by molar-refractivity contribution is -0.141. The number of carboxylic acids is 1. The maximum Gasteiger partial charge on any atom is 0.322 e. The Bertz CT molecular complexity index is 487. The van der Waals surface area contributed by atoms with Crippen LogP contribution in [0.25, 0.3) is 0 Å². The van der Waals surface area contributed by atoms with E-state index in [0.717, 1.165) is 6.20 Å². The first-order chi connectivity index (χ1) is 7.64. The summed E-state index contributed by atoms with van der Waals surface area (Å²) in [5, 5.41) is 14.9. The van der Waals surface area contributed by atoms with Crippen LogP contribution in [0.3, 0.4) is 0 Å². The lowest BCUT2D eigenvalue weighted by Gasteiger charge is -2.27. The zero-order valence-corrected chi connectivity index (χ0v) is 10.6. The summed E-state index contributed by atoms with van der Waals surface area (Å²) in [6.45, 7) is 4.93. The number of aromatic nitrogens is 2. The molecule has 0 bridgehead atoms. The molecule has 7 nitrogen and oxygen atoms in total. The number of rotatable bonds is 4. The third-order valence-corrected chi connectivity index (χ3v) is 3.56. The summed E-state index contributed by atoms with van der Waals surface area (Å²) in [5.41, 5.74) is -0.733. The predicted octanol–water partition coefficient (Wildman–Crippen LogP) is 0.187. The average molecular weight is 261 g/mol. The summed E-state index contributed by atoms with van der Waals surface area (Å²) in [7, 11) is -3.87. The number of aliphatic carboxylic acids is 1. The van der Waals surface area contributed by atoms with Crippen LogP contribution in [-0.2, 0) is 14.8 Å². The van der Waals surface area contributed by atoms with Crippen LogP contribution >= 0.6 is 0 Å². The van der Waals surface area contributed by atoms with Crippen molar-refractivity contribution in [3.8, 4) is 0 Å². The average Bonchev–Trinajstić information content (AvgIpc) is 2.65.